The molecule has 0 bridgehead atoms. The third kappa shape index (κ3) is 7.61. The topological polar surface area (TPSA) is 58.4 Å². The molecule has 1 heterocycles. The zero-order valence-electron chi connectivity index (χ0n) is 16.8. The zero-order chi connectivity index (χ0) is 19.6. The molecule has 0 aliphatic carbocycles. The summed E-state index contributed by atoms with van der Waals surface area (Å²) in [5, 5.41) is 6.53. The Balaban J connectivity index is 0.00000392. The van der Waals surface area contributed by atoms with Gasteiger partial charge in [0.05, 0.1) is 6.54 Å². The fourth-order valence-electron chi connectivity index (χ4n) is 2.83. The number of hydrogen-bond donors (Lipinski definition) is 2. The average molecular weight is 500 g/mol. The first-order valence-corrected chi connectivity index (χ1v) is 9.45. The Bertz CT molecular complexity index is 835. The van der Waals surface area contributed by atoms with Gasteiger partial charge in [-0.3, -0.25) is 4.79 Å². The van der Waals surface area contributed by atoms with Crippen molar-refractivity contribution in [3.63, 3.8) is 0 Å². The summed E-state index contributed by atoms with van der Waals surface area (Å²) < 4.78 is 15.1. The number of nitrogens with zero attached hydrogens (tertiary/aromatic N) is 2. The van der Waals surface area contributed by atoms with Crippen LogP contribution in [0, 0.1) is 19.7 Å². The molecule has 2 aromatic rings. The molecule has 0 atom stereocenters. The van der Waals surface area contributed by atoms with Crippen molar-refractivity contribution in [2.45, 2.75) is 46.7 Å². The van der Waals surface area contributed by atoms with E-state index in [0.29, 0.717) is 12.1 Å². The van der Waals surface area contributed by atoms with Crippen molar-refractivity contribution in [2.75, 3.05) is 13.1 Å². The van der Waals surface area contributed by atoms with Crippen molar-refractivity contribution in [3.8, 4) is 0 Å². The van der Waals surface area contributed by atoms with Crippen LogP contribution in [0.3, 0.4) is 0 Å². The van der Waals surface area contributed by atoms with Gasteiger partial charge in [-0.1, -0.05) is 18.2 Å². The third-order valence-electron chi connectivity index (χ3n) is 4.36. The number of nitrogens with one attached hydrogen (secondary N) is 2. The highest BCUT2D eigenvalue weighted by molar-refractivity contribution is 14.0. The smallest absolute Gasteiger partial charge is 0.250 e. The van der Waals surface area contributed by atoms with Crippen LogP contribution in [0.5, 0.6) is 0 Å². The number of pyridine rings is 1. The highest BCUT2D eigenvalue weighted by Crippen LogP contribution is 2.10. The predicted molar refractivity (Wildman–Crippen MR) is 124 cm³/mol. The van der Waals surface area contributed by atoms with E-state index >= 15 is 0 Å². The first-order valence-electron chi connectivity index (χ1n) is 9.45. The van der Waals surface area contributed by atoms with Crippen LogP contribution in [0.15, 0.2) is 46.2 Å². The summed E-state index contributed by atoms with van der Waals surface area (Å²) in [6, 6.07) is 10.4. The zero-order valence-corrected chi connectivity index (χ0v) is 19.1. The molecule has 7 heteroatoms. The molecule has 0 saturated carbocycles. The van der Waals surface area contributed by atoms with E-state index < -0.39 is 0 Å². The minimum atomic E-state index is -0.194. The van der Waals surface area contributed by atoms with Gasteiger partial charge in [-0.2, -0.15) is 0 Å². The van der Waals surface area contributed by atoms with Gasteiger partial charge in [0, 0.05) is 31.4 Å². The normalized spacial score (nSPS) is 11.1. The SMILES string of the molecule is CCNC(=NCc1ccc(F)c(C)c1)NCCCCn1c(C)cccc1=O.I. The minimum absolute atomic E-state index is 0. The van der Waals surface area contributed by atoms with E-state index in [1.807, 2.05) is 26.0 Å². The van der Waals surface area contributed by atoms with Crippen LogP contribution in [0.1, 0.15) is 36.6 Å². The van der Waals surface area contributed by atoms with Crippen LogP contribution in [0.2, 0.25) is 0 Å². The van der Waals surface area contributed by atoms with E-state index in [4.69, 9.17) is 0 Å². The fraction of sp³-hybridized carbons (Fsp3) is 0.429. The standard InChI is InChI=1S/C21H29FN4O.HI/c1-4-23-21(25-15-18-10-11-19(22)16(2)14-18)24-12-5-6-13-26-17(3)8-7-9-20(26)27;/h7-11,14H,4-6,12-13,15H2,1-3H3,(H2,23,24,25);1H. The van der Waals surface area contributed by atoms with Gasteiger partial charge in [0.25, 0.3) is 5.56 Å². The second-order valence-electron chi connectivity index (χ2n) is 6.57. The van der Waals surface area contributed by atoms with Crippen molar-refractivity contribution in [3.05, 3.63) is 69.4 Å². The predicted octanol–water partition coefficient (Wildman–Crippen LogP) is 3.76. The number of aryl methyl sites for hydroxylation is 2. The molecule has 0 saturated heterocycles. The van der Waals surface area contributed by atoms with E-state index in [1.54, 1.807) is 29.7 Å². The molecule has 5 nitrogen and oxygen atoms in total. The summed E-state index contributed by atoms with van der Waals surface area (Å²) in [5.74, 6) is 0.549. The molecule has 2 rings (SSSR count). The maximum atomic E-state index is 13.3. The van der Waals surface area contributed by atoms with Gasteiger partial charge >= 0.3 is 0 Å². The summed E-state index contributed by atoms with van der Waals surface area (Å²) in [4.78, 5) is 16.4. The molecule has 0 amide bonds. The second-order valence-corrected chi connectivity index (χ2v) is 6.57. The lowest BCUT2D eigenvalue weighted by Crippen LogP contribution is -2.37. The molecule has 154 valence electrons. The Hall–Kier alpha value is -1.90. The van der Waals surface area contributed by atoms with Gasteiger partial charge in [0.1, 0.15) is 5.82 Å². The Morgan fingerprint density at radius 1 is 1.14 bits per heavy atom. The van der Waals surface area contributed by atoms with Gasteiger partial charge in [-0.05, 0) is 56.9 Å². The highest BCUT2D eigenvalue weighted by Gasteiger charge is 2.02. The van der Waals surface area contributed by atoms with Crippen molar-refractivity contribution in [1.29, 1.82) is 0 Å². The van der Waals surface area contributed by atoms with Crippen LogP contribution in [0.4, 0.5) is 4.39 Å². The Labute approximate surface area is 183 Å². The first kappa shape index (κ1) is 24.1. The van der Waals surface area contributed by atoms with Gasteiger partial charge in [-0.25, -0.2) is 9.38 Å². The van der Waals surface area contributed by atoms with Crippen LogP contribution >= 0.6 is 24.0 Å². The summed E-state index contributed by atoms with van der Waals surface area (Å²) >= 11 is 0. The van der Waals surface area contributed by atoms with E-state index in [2.05, 4.69) is 15.6 Å². The highest BCUT2D eigenvalue weighted by atomic mass is 127. The first-order chi connectivity index (χ1) is 13.0. The Morgan fingerprint density at radius 3 is 2.61 bits per heavy atom. The summed E-state index contributed by atoms with van der Waals surface area (Å²) in [6.45, 7) is 8.48. The lowest BCUT2D eigenvalue weighted by Gasteiger charge is -2.12. The summed E-state index contributed by atoms with van der Waals surface area (Å²) in [6.07, 6.45) is 1.84. The monoisotopic (exact) mass is 500 g/mol. The van der Waals surface area contributed by atoms with Crippen molar-refractivity contribution in [1.82, 2.24) is 15.2 Å². The fourth-order valence-corrected chi connectivity index (χ4v) is 2.83. The van der Waals surface area contributed by atoms with Crippen LogP contribution in [-0.4, -0.2) is 23.6 Å². The maximum absolute atomic E-state index is 13.3. The van der Waals surface area contributed by atoms with Crippen molar-refractivity contribution >= 4 is 29.9 Å². The quantitative estimate of drug-likeness (QED) is 0.251. The molecule has 0 aliphatic rings. The Kier molecular flexibility index (Phi) is 10.8. The van der Waals surface area contributed by atoms with Gasteiger partial charge in [0.15, 0.2) is 5.96 Å². The molecule has 1 aromatic heterocycles. The van der Waals surface area contributed by atoms with Gasteiger partial charge < -0.3 is 15.2 Å². The number of benzene rings is 1. The number of aliphatic imine (C=N–C) groups is 1. The lowest BCUT2D eigenvalue weighted by molar-refractivity contribution is 0.575. The molecule has 0 spiro atoms. The van der Waals surface area contributed by atoms with E-state index in [9.17, 15) is 9.18 Å². The average Bonchev–Trinajstić information content (AvgIpc) is 2.64. The Morgan fingerprint density at radius 2 is 1.93 bits per heavy atom. The molecular weight excluding hydrogens is 470 g/mol. The van der Waals surface area contributed by atoms with E-state index in [-0.39, 0.29) is 35.4 Å². The molecule has 0 unspecified atom stereocenters. The van der Waals surface area contributed by atoms with E-state index in [1.165, 1.54) is 6.07 Å². The van der Waals surface area contributed by atoms with Crippen LogP contribution < -0.4 is 16.2 Å². The van der Waals surface area contributed by atoms with E-state index in [0.717, 1.165) is 49.7 Å². The largest absolute Gasteiger partial charge is 0.357 e. The number of hydrogen-bond acceptors (Lipinski definition) is 2. The van der Waals surface area contributed by atoms with Gasteiger partial charge in [0.2, 0.25) is 0 Å². The number of rotatable bonds is 8. The summed E-state index contributed by atoms with van der Waals surface area (Å²) in [5.41, 5.74) is 2.64. The number of aromatic nitrogens is 1. The number of unbranched alkanes of at least 4 members (excludes halogenated alkanes) is 1. The molecule has 0 aliphatic heterocycles. The number of halogens is 2. The van der Waals surface area contributed by atoms with Crippen molar-refractivity contribution < 1.29 is 4.39 Å². The maximum Gasteiger partial charge on any atom is 0.250 e. The molecule has 0 fully saturated rings. The molecule has 1 aromatic carbocycles. The van der Waals surface area contributed by atoms with Crippen LogP contribution in [0.25, 0.3) is 0 Å². The van der Waals surface area contributed by atoms with Gasteiger partial charge in [-0.15, -0.1) is 24.0 Å². The summed E-state index contributed by atoms with van der Waals surface area (Å²) in [7, 11) is 0. The minimum Gasteiger partial charge on any atom is -0.357 e. The van der Waals surface area contributed by atoms with Crippen LogP contribution in [-0.2, 0) is 13.1 Å². The second kappa shape index (κ2) is 12.5. The van der Waals surface area contributed by atoms with Crippen molar-refractivity contribution in [2.24, 2.45) is 4.99 Å². The third-order valence-corrected chi connectivity index (χ3v) is 4.36. The molecule has 2 N–H and O–H groups in total. The molecule has 0 radical (unpaired) electrons. The number of guanidine groups is 1. The molecular formula is C21H30FIN4O. The lowest BCUT2D eigenvalue weighted by atomic mass is 10.1. The molecule has 28 heavy (non-hydrogen) atoms.